The number of fused-ring (bicyclic) bond motifs is 1. The average molecular weight is 362 g/mol. The molecule has 0 aromatic heterocycles. The summed E-state index contributed by atoms with van der Waals surface area (Å²) in [5.41, 5.74) is 3.86. The maximum atomic E-state index is 6.29. The summed E-state index contributed by atoms with van der Waals surface area (Å²) in [6, 6.07) is 8.66. The van der Waals surface area contributed by atoms with E-state index in [9.17, 15) is 0 Å². The molecule has 1 atom stereocenters. The zero-order valence-corrected chi connectivity index (χ0v) is 17.2. The van der Waals surface area contributed by atoms with Gasteiger partial charge in [-0.05, 0) is 11.6 Å². The number of hydrogen-bond donors (Lipinski definition) is 0. The lowest BCUT2D eigenvalue weighted by atomic mass is 9.84. The molecule has 0 spiro atoms. The number of likely N-dealkylation sites (N-methyl/N-ethyl adjacent to an activating group) is 1. The fourth-order valence-electron chi connectivity index (χ4n) is 4.03. The van der Waals surface area contributed by atoms with Gasteiger partial charge in [-0.3, -0.25) is 9.45 Å². The Kier molecular flexibility index (Phi) is 4.40. The van der Waals surface area contributed by atoms with E-state index in [0.29, 0.717) is 0 Å². The smallest absolute Gasteiger partial charge is 0.148 e. The second kappa shape index (κ2) is 5.98. The summed E-state index contributed by atoms with van der Waals surface area (Å²) < 4.78 is 4.44. The van der Waals surface area contributed by atoms with Crippen LogP contribution in [-0.4, -0.2) is 42.8 Å². The van der Waals surface area contributed by atoms with Gasteiger partial charge in [0.2, 0.25) is 0 Å². The highest BCUT2D eigenvalue weighted by atomic mass is 32.4. The molecule has 2 aliphatic heterocycles. The van der Waals surface area contributed by atoms with Crippen LogP contribution in [0.5, 0.6) is 0 Å². The van der Waals surface area contributed by atoms with E-state index in [2.05, 4.69) is 73.7 Å². The predicted molar refractivity (Wildman–Crippen MR) is 108 cm³/mol. The fraction of sp³-hybridized carbons (Fsp3) is 0.500. The molecular formula is C18H27N4PS. The number of anilines is 1. The molecule has 0 amide bonds. The van der Waals surface area contributed by atoms with Crippen LogP contribution in [0, 0.1) is 0 Å². The van der Waals surface area contributed by atoms with Crippen molar-refractivity contribution in [3.8, 4) is 0 Å². The van der Waals surface area contributed by atoms with E-state index in [4.69, 9.17) is 11.8 Å². The van der Waals surface area contributed by atoms with Gasteiger partial charge in [0.1, 0.15) is 6.34 Å². The maximum absolute atomic E-state index is 6.29. The van der Waals surface area contributed by atoms with Crippen molar-refractivity contribution in [2.24, 2.45) is 5.10 Å². The molecule has 6 heteroatoms. The molecule has 1 aromatic carbocycles. The molecular weight excluding hydrogens is 335 g/mol. The van der Waals surface area contributed by atoms with Crippen LogP contribution in [0.4, 0.5) is 5.69 Å². The second-order valence-corrected chi connectivity index (χ2v) is 11.1. The minimum atomic E-state index is -2.06. The number of para-hydroxylation sites is 1. The molecule has 130 valence electrons. The first-order valence-corrected chi connectivity index (χ1v) is 11.2. The highest BCUT2D eigenvalue weighted by Gasteiger charge is 2.46. The van der Waals surface area contributed by atoms with Crippen LogP contribution in [0.2, 0.25) is 0 Å². The summed E-state index contributed by atoms with van der Waals surface area (Å²) in [5, 5.41) is 5.85. The molecule has 0 radical (unpaired) electrons. The van der Waals surface area contributed by atoms with Gasteiger partial charge in [-0.25, -0.2) is 0 Å². The summed E-state index contributed by atoms with van der Waals surface area (Å²) in [6.07, 6.45) is -0.0481. The number of hydrogen-bond acceptors (Lipinski definition) is 3. The highest BCUT2D eigenvalue weighted by molar-refractivity contribution is 8.14. The van der Waals surface area contributed by atoms with Crippen LogP contribution in [0.1, 0.15) is 33.3 Å². The third kappa shape index (κ3) is 2.22. The Bertz CT molecular complexity index is 764. The Morgan fingerprint density at radius 3 is 2.38 bits per heavy atom. The van der Waals surface area contributed by atoms with Crippen molar-refractivity contribution < 1.29 is 0 Å². The van der Waals surface area contributed by atoms with E-state index >= 15 is 0 Å². The summed E-state index contributed by atoms with van der Waals surface area (Å²) in [6.45, 7) is 10.8. The van der Waals surface area contributed by atoms with Gasteiger partial charge in [0, 0.05) is 44.0 Å². The lowest BCUT2D eigenvalue weighted by Gasteiger charge is -2.38. The SMILES string of the molecule is CCN(CC)P1(=S)C(=C2N(C)c3ccccc3C2(C)C)C=NN1C. The zero-order valence-electron chi connectivity index (χ0n) is 15.4. The summed E-state index contributed by atoms with van der Waals surface area (Å²) in [5.74, 6) is 0. The lowest BCUT2D eigenvalue weighted by molar-refractivity contribution is 0.459. The molecule has 1 unspecified atom stereocenters. The molecule has 2 aliphatic rings. The number of benzene rings is 1. The summed E-state index contributed by atoms with van der Waals surface area (Å²) in [4.78, 5) is 2.32. The minimum absolute atomic E-state index is 0.0743. The topological polar surface area (TPSA) is 22.1 Å². The van der Waals surface area contributed by atoms with Crippen LogP contribution < -0.4 is 4.90 Å². The minimum Gasteiger partial charge on any atom is -0.346 e. The normalized spacial score (nSPS) is 28.1. The van der Waals surface area contributed by atoms with E-state index < -0.39 is 6.34 Å². The van der Waals surface area contributed by atoms with Crippen molar-refractivity contribution in [3.05, 3.63) is 40.8 Å². The monoisotopic (exact) mass is 362 g/mol. The maximum Gasteiger partial charge on any atom is 0.148 e. The number of hydrazone groups is 1. The van der Waals surface area contributed by atoms with E-state index in [1.54, 1.807) is 0 Å². The number of rotatable bonds is 3. The van der Waals surface area contributed by atoms with Gasteiger partial charge < -0.3 is 4.90 Å². The Hall–Kier alpha value is -1.16. The molecule has 0 fully saturated rings. The van der Waals surface area contributed by atoms with Gasteiger partial charge in [-0.15, -0.1) is 0 Å². The van der Waals surface area contributed by atoms with Crippen molar-refractivity contribution >= 4 is 30.0 Å². The average Bonchev–Trinajstić information content (AvgIpc) is 2.95. The quantitative estimate of drug-likeness (QED) is 0.751. The fourth-order valence-corrected chi connectivity index (χ4v) is 8.10. The Balaban J connectivity index is 2.26. The molecule has 0 aliphatic carbocycles. The van der Waals surface area contributed by atoms with Crippen molar-refractivity contribution in [2.75, 3.05) is 32.1 Å². The molecule has 4 nitrogen and oxygen atoms in total. The third-order valence-corrected chi connectivity index (χ3v) is 10.4. The molecule has 0 saturated heterocycles. The molecule has 1 aromatic rings. The third-order valence-electron chi connectivity index (χ3n) is 5.28. The van der Waals surface area contributed by atoms with Gasteiger partial charge in [-0.2, -0.15) is 5.10 Å². The van der Waals surface area contributed by atoms with Gasteiger partial charge in [0.25, 0.3) is 0 Å². The Labute approximate surface area is 150 Å². The molecule has 24 heavy (non-hydrogen) atoms. The lowest BCUT2D eigenvalue weighted by Crippen LogP contribution is -2.30. The number of allylic oxidation sites excluding steroid dienone is 2. The summed E-state index contributed by atoms with van der Waals surface area (Å²) in [7, 11) is 4.18. The van der Waals surface area contributed by atoms with Crippen molar-refractivity contribution in [3.63, 3.8) is 0 Å². The van der Waals surface area contributed by atoms with Crippen molar-refractivity contribution in [1.29, 1.82) is 0 Å². The van der Waals surface area contributed by atoms with Crippen molar-refractivity contribution in [1.82, 2.24) is 9.45 Å². The van der Waals surface area contributed by atoms with E-state index in [1.165, 1.54) is 22.3 Å². The van der Waals surface area contributed by atoms with Gasteiger partial charge in [0.05, 0.1) is 11.5 Å². The standard InChI is InChI=1S/C18H27N4PS/c1-7-22(8-2)23(24)16(13-19-21(23)6)17-18(3,4)14-11-9-10-12-15(14)20(17)5/h9-13H,7-8H2,1-6H3. The first-order valence-electron chi connectivity index (χ1n) is 8.52. The van der Waals surface area contributed by atoms with E-state index in [0.717, 1.165) is 13.1 Å². The molecule has 0 saturated carbocycles. The van der Waals surface area contributed by atoms with Crippen LogP contribution in [0.3, 0.4) is 0 Å². The highest BCUT2D eigenvalue weighted by Crippen LogP contribution is 2.65. The molecule has 3 rings (SSSR count). The zero-order chi connectivity index (χ0) is 17.7. The Morgan fingerprint density at radius 2 is 1.79 bits per heavy atom. The summed E-state index contributed by atoms with van der Waals surface area (Å²) >= 11 is 6.29. The molecule has 2 heterocycles. The molecule has 0 bridgehead atoms. The molecule has 0 N–H and O–H groups in total. The van der Waals surface area contributed by atoms with Crippen LogP contribution in [-0.2, 0) is 17.2 Å². The van der Waals surface area contributed by atoms with Crippen LogP contribution in [0.25, 0.3) is 0 Å². The van der Waals surface area contributed by atoms with Crippen LogP contribution >= 0.6 is 6.34 Å². The second-order valence-electron chi connectivity index (χ2n) is 6.85. The predicted octanol–water partition coefficient (Wildman–Crippen LogP) is 4.21. The number of nitrogens with zero attached hydrogens (tertiary/aromatic N) is 4. The van der Waals surface area contributed by atoms with Crippen LogP contribution in [0.15, 0.2) is 40.4 Å². The van der Waals surface area contributed by atoms with Crippen molar-refractivity contribution in [2.45, 2.75) is 33.1 Å². The first kappa shape index (κ1) is 17.7. The van der Waals surface area contributed by atoms with Gasteiger partial charge >= 0.3 is 0 Å². The largest absolute Gasteiger partial charge is 0.346 e. The Morgan fingerprint density at radius 1 is 1.17 bits per heavy atom. The van der Waals surface area contributed by atoms with Gasteiger partial charge in [-0.1, -0.05) is 57.7 Å². The van der Waals surface area contributed by atoms with E-state index in [-0.39, 0.29) is 5.41 Å². The first-order chi connectivity index (χ1) is 11.3. The van der Waals surface area contributed by atoms with E-state index in [1.807, 2.05) is 18.0 Å². The van der Waals surface area contributed by atoms with Gasteiger partial charge in [0.15, 0.2) is 0 Å².